The van der Waals surface area contributed by atoms with Crippen molar-refractivity contribution in [3.63, 3.8) is 0 Å². The number of ether oxygens (including phenoxy) is 3. The van der Waals surface area contributed by atoms with Crippen molar-refractivity contribution in [3.05, 3.63) is 98.0 Å². The number of aromatic nitrogens is 1. The van der Waals surface area contributed by atoms with Gasteiger partial charge in [0.2, 0.25) is 11.8 Å². The van der Waals surface area contributed by atoms with Crippen molar-refractivity contribution in [1.82, 2.24) is 4.98 Å². The molecule has 2 aliphatic rings. The fourth-order valence-corrected chi connectivity index (χ4v) is 7.72. The van der Waals surface area contributed by atoms with Crippen molar-refractivity contribution in [2.75, 3.05) is 19.1 Å². The number of anilines is 1. The van der Waals surface area contributed by atoms with Gasteiger partial charge in [-0.2, -0.15) is 0 Å². The van der Waals surface area contributed by atoms with Crippen LogP contribution in [0.1, 0.15) is 27.5 Å². The van der Waals surface area contributed by atoms with Crippen LogP contribution in [-0.4, -0.2) is 36.3 Å². The van der Waals surface area contributed by atoms with Gasteiger partial charge in [-0.3, -0.25) is 14.4 Å². The van der Waals surface area contributed by atoms with Gasteiger partial charge >= 0.3 is 4.87 Å². The van der Waals surface area contributed by atoms with Crippen LogP contribution in [0.15, 0.2) is 76.6 Å². The molecule has 3 atom stereocenters. The number of aryl methyl sites for hydroxylation is 1. The van der Waals surface area contributed by atoms with E-state index in [4.69, 9.17) is 14.2 Å². The molecule has 1 aromatic heterocycles. The largest absolute Gasteiger partial charge is 0.497 e. The molecule has 0 saturated carbocycles. The molecule has 1 N–H and O–H groups in total. The number of nitrogens with zero attached hydrogens (tertiary/aromatic N) is 1. The summed E-state index contributed by atoms with van der Waals surface area (Å²) in [6, 6.07) is 20.5. The highest BCUT2D eigenvalue weighted by molar-refractivity contribution is 8.00. The van der Waals surface area contributed by atoms with Gasteiger partial charge in [0.1, 0.15) is 17.6 Å². The minimum Gasteiger partial charge on any atom is -0.497 e. The van der Waals surface area contributed by atoms with Crippen LogP contribution in [0.25, 0.3) is 0 Å². The lowest BCUT2D eigenvalue weighted by Gasteiger charge is -2.30. The number of thioether (sulfide) groups is 1. The maximum Gasteiger partial charge on any atom is 0.305 e. The summed E-state index contributed by atoms with van der Waals surface area (Å²) >= 11 is 2.32. The molecule has 204 valence electrons. The lowest BCUT2D eigenvalue weighted by Crippen LogP contribution is -2.32. The fourth-order valence-electron chi connectivity index (χ4n) is 5.20. The van der Waals surface area contributed by atoms with Gasteiger partial charge in [0.25, 0.3) is 0 Å². The number of hydrogen-bond acceptors (Lipinski definition) is 8. The van der Waals surface area contributed by atoms with Crippen LogP contribution in [0.2, 0.25) is 0 Å². The second kappa shape index (κ2) is 10.5. The Bertz CT molecular complexity index is 1640. The Balaban J connectivity index is 1.36. The number of benzene rings is 3. The summed E-state index contributed by atoms with van der Waals surface area (Å²) in [6.07, 6.45) is 0. The molecule has 0 bridgehead atoms. The van der Waals surface area contributed by atoms with Gasteiger partial charge in [-0.1, -0.05) is 59.0 Å². The zero-order valence-corrected chi connectivity index (χ0v) is 23.6. The Kier molecular flexibility index (Phi) is 6.89. The van der Waals surface area contributed by atoms with Crippen LogP contribution < -0.4 is 24.0 Å². The number of thiazole rings is 1. The van der Waals surface area contributed by atoms with Crippen LogP contribution in [-0.2, 0) is 16.2 Å². The first-order valence-electron chi connectivity index (χ1n) is 12.7. The zero-order valence-electron chi connectivity index (χ0n) is 22.0. The van der Waals surface area contributed by atoms with Crippen molar-refractivity contribution in [1.29, 1.82) is 0 Å². The number of imide groups is 1. The Morgan fingerprint density at radius 2 is 1.62 bits per heavy atom. The minimum absolute atomic E-state index is 0.223. The van der Waals surface area contributed by atoms with Gasteiger partial charge in [0, 0.05) is 10.8 Å². The maximum absolute atomic E-state index is 13.9. The van der Waals surface area contributed by atoms with Crippen molar-refractivity contribution in [2.24, 2.45) is 5.92 Å². The van der Waals surface area contributed by atoms with Gasteiger partial charge in [-0.25, -0.2) is 4.90 Å². The van der Waals surface area contributed by atoms with E-state index in [2.05, 4.69) is 4.98 Å². The number of H-pyrrole nitrogens is 1. The van der Waals surface area contributed by atoms with Gasteiger partial charge in [0.05, 0.1) is 30.9 Å². The van der Waals surface area contributed by atoms with E-state index in [1.165, 1.54) is 22.2 Å². The van der Waals surface area contributed by atoms with E-state index in [-0.39, 0.29) is 16.7 Å². The van der Waals surface area contributed by atoms with E-state index in [0.717, 1.165) is 27.3 Å². The monoisotopic (exact) mass is 574 g/mol. The molecule has 40 heavy (non-hydrogen) atoms. The minimum atomic E-state index is -0.692. The molecule has 8 nitrogen and oxygen atoms in total. The van der Waals surface area contributed by atoms with E-state index in [1.807, 2.05) is 49.4 Å². The van der Waals surface area contributed by atoms with Crippen LogP contribution in [0.4, 0.5) is 5.69 Å². The van der Waals surface area contributed by atoms with Crippen LogP contribution in [0.3, 0.4) is 0 Å². The molecule has 4 aromatic rings. The van der Waals surface area contributed by atoms with E-state index >= 15 is 0 Å². The Labute approximate surface area is 238 Å². The topological polar surface area (TPSA) is 97.9 Å². The average Bonchev–Trinajstić information content (AvgIpc) is 3.46. The number of hydrogen-bond donors (Lipinski definition) is 1. The predicted molar refractivity (Wildman–Crippen MR) is 154 cm³/mol. The molecule has 10 heteroatoms. The van der Waals surface area contributed by atoms with Crippen molar-refractivity contribution in [3.8, 4) is 17.2 Å². The molecule has 1 fully saturated rings. The number of carbonyl (C=O) groups is 2. The third kappa shape index (κ3) is 4.56. The number of nitrogens with one attached hydrogen (secondary N) is 1. The maximum atomic E-state index is 13.9. The smallest absolute Gasteiger partial charge is 0.305 e. The quantitative estimate of drug-likeness (QED) is 0.306. The van der Waals surface area contributed by atoms with Crippen LogP contribution in [0.5, 0.6) is 17.2 Å². The molecule has 3 aromatic carbocycles. The summed E-state index contributed by atoms with van der Waals surface area (Å²) < 4.78 is 17.0. The summed E-state index contributed by atoms with van der Waals surface area (Å²) in [6.45, 7) is 2.40. The first-order valence-corrected chi connectivity index (χ1v) is 14.4. The number of rotatable bonds is 7. The highest BCUT2D eigenvalue weighted by Crippen LogP contribution is 2.53. The lowest BCUT2D eigenvalue weighted by atomic mass is 9.83. The second-order valence-corrected chi connectivity index (χ2v) is 11.8. The van der Waals surface area contributed by atoms with E-state index in [0.29, 0.717) is 34.6 Å². The van der Waals surface area contributed by atoms with Crippen LogP contribution >= 0.6 is 23.1 Å². The molecule has 0 spiro atoms. The molecule has 0 radical (unpaired) electrons. The van der Waals surface area contributed by atoms with Crippen molar-refractivity contribution in [2.45, 2.75) is 29.7 Å². The Morgan fingerprint density at radius 1 is 0.875 bits per heavy atom. The van der Waals surface area contributed by atoms with Crippen molar-refractivity contribution < 1.29 is 23.8 Å². The first kappa shape index (κ1) is 26.2. The van der Waals surface area contributed by atoms with Gasteiger partial charge in [0.15, 0.2) is 11.5 Å². The highest BCUT2D eigenvalue weighted by Gasteiger charge is 2.56. The molecule has 2 amide bonds. The van der Waals surface area contributed by atoms with Gasteiger partial charge in [-0.15, -0.1) is 0 Å². The molecular weight excluding hydrogens is 548 g/mol. The SMILES string of the molecule is COc1ccc(N2C(=O)C3Sc4[nH]c(=O)sc4[C@H](c4ccc(OCc5ccc(C)cc5)c(OC)c4)C3C2=O)cc1. The number of fused-ring (bicyclic) bond motifs is 2. The summed E-state index contributed by atoms with van der Waals surface area (Å²) in [4.78, 5) is 44.6. The number of amides is 2. The number of carbonyl (C=O) groups excluding carboxylic acids is 2. The molecule has 2 aliphatic heterocycles. The average molecular weight is 575 g/mol. The summed E-state index contributed by atoms with van der Waals surface area (Å²) in [5, 5.41) is -0.0570. The van der Waals surface area contributed by atoms with Crippen LogP contribution in [0, 0.1) is 12.8 Å². The molecule has 6 rings (SSSR count). The van der Waals surface area contributed by atoms with E-state index in [1.54, 1.807) is 38.5 Å². The normalized spacial score (nSPS) is 19.8. The molecular formula is C30H26N2O6S2. The molecule has 0 aliphatic carbocycles. The van der Waals surface area contributed by atoms with E-state index in [9.17, 15) is 14.4 Å². The van der Waals surface area contributed by atoms with Crippen molar-refractivity contribution >= 4 is 40.6 Å². The molecule has 3 heterocycles. The number of aromatic amines is 1. The predicted octanol–water partition coefficient (Wildman–Crippen LogP) is 5.14. The lowest BCUT2D eigenvalue weighted by molar-refractivity contribution is -0.122. The first-order chi connectivity index (χ1) is 19.4. The Morgan fingerprint density at radius 3 is 2.33 bits per heavy atom. The zero-order chi connectivity index (χ0) is 28.0. The second-order valence-electron chi connectivity index (χ2n) is 9.64. The number of methoxy groups -OCH3 is 2. The molecule has 2 unspecified atom stereocenters. The van der Waals surface area contributed by atoms with Gasteiger partial charge < -0.3 is 19.2 Å². The summed E-state index contributed by atoms with van der Waals surface area (Å²) in [7, 11) is 3.12. The third-order valence-electron chi connectivity index (χ3n) is 7.22. The third-order valence-corrected chi connectivity index (χ3v) is 9.62. The fraction of sp³-hybridized carbons (Fsp3) is 0.233. The standard InChI is InChI=1S/C30H26N2O6S2/c1-16-4-6-17(7-5-16)15-38-21-13-8-18(14-22(21)37-3)23-24-26(39-27-25(23)40-30(35)31-27)29(34)32(28(24)33)19-9-11-20(36-2)12-10-19/h4-14,23-24,26H,15H2,1-3H3,(H,31,35)/t23-,24?,26?/m1/s1. The molecule has 1 saturated heterocycles. The van der Waals surface area contributed by atoms with Gasteiger partial charge in [-0.05, 0) is 54.4 Å². The highest BCUT2D eigenvalue weighted by atomic mass is 32.2. The van der Waals surface area contributed by atoms with E-state index < -0.39 is 17.1 Å². The summed E-state index contributed by atoms with van der Waals surface area (Å²) in [5.41, 5.74) is 3.45. The summed E-state index contributed by atoms with van der Waals surface area (Å²) in [5.74, 6) is -0.116. The Hall–Kier alpha value is -4.02.